The third-order valence-corrected chi connectivity index (χ3v) is 6.28. The van der Waals surface area contributed by atoms with Crippen molar-refractivity contribution in [2.75, 3.05) is 31.6 Å². The van der Waals surface area contributed by atoms with Gasteiger partial charge in [0, 0.05) is 32.9 Å². The predicted molar refractivity (Wildman–Crippen MR) is 121 cm³/mol. The molecule has 0 radical (unpaired) electrons. The van der Waals surface area contributed by atoms with Crippen molar-refractivity contribution in [3.63, 3.8) is 0 Å². The standard InChI is InChI=1S/C23H26F4N6O2/c1-31(10-15-2-4-16(5-3-15)23(25,26)27)20-19-17(24)11-33(21(19)30-14-29-20)13-22(35)6-8-32(9-7-22)12-18(28)34/h2-5,11,14,35H,6-10,12-13H2,1H3,(H2,28,34). The summed E-state index contributed by atoms with van der Waals surface area (Å²) >= 11 is 0. The number of carbonyl (C=O) groups is 1. The van der Waals surface area contributed by atoms with E-state index in [4.69, 9.17) is 5.73 Å². The second-order valence-electron chi connectivity index (χ2n) is 9.02. The molecule has 0 aliphatic carbocycles. The van der Waals surface area contributed by atoms with Crippen molar-refractivity contribution in [3.8, 4) is 0 Å². The van der Waals surface area contributed by atoms with Gasteiger partial charge >= 0.3 is 6.18 Å². The van der Waals surface area contributed by atoms with Crippen LogP contribution in [0.25, 0.3) is 11.0 Å². The summed E-state index contributed by atoms with van der Waals surface area (Å²) in [7, 11) is 1.66. The Hall–Kier alpha value is -3.25. The quantitative estimate of drug-likeness (QED) is 0.490. The zero-order chi connectivity index (χ0) is 25.4. The lowest BCUT2D eigenvalue weighted by molar-refractivity contribution is -0.137. The molecule has 1 amide bonds. The topological polar surface area (TPSA) is 101 Å². The van der Waals surface area contributed by atoms with E-state index in [1.807, 2.05) is 4.90 Å². The third kappa shape index (κ3) is 5.54. The molecule has 0 bridgehead atoms. The van der Waals surface area contributed by atoms with E-state index in [1.165, 1.54) is 24.7 Å². The molecule has 0 saturated carbocycles. The van der Waals surface area contributed by atoms with Crippen molar-refractivity contribution < 1.29 is 27.5 Å². The summed E-state index contributed by atoms with van der Waals surface area (Å²) < 4.78 is 55.1. The van der Waals surface area contributed by atoms with E-state index in [-0.39, 0.29) is 30.8 Å². The molecule has 0 unspecified atom stereocenters. The number of likely N-dealkylation sites (tertiary alicyclic amines) is 1. The smallest absolute Gasteiger partial charge is 0.388 e. The lowest BCUT2D eigenvalue weighted by atomic mass is 9.91. The Morgan fingerprint density at radius 1 is 1.20 bits per heavy atom. The molecule has 3 N–H and O–H groups in total. The number of nitrogens with two attached hydrogens (primary N) is 1. The first-order chi connectivity index (χ1) is 16.4. The number of carbonyl (C=O) groups excluding carboxylic acids is 1. The minimum absolute atomic E-state index is 0.108. The zero-order valence-electron chi connectivity index (χ0n) is 19.1. The van der Waals surface area contributed by atoms with Crippen LogP contribution in [0.1, 0.15) is 24.0 Å². The number of benzene rings is 1. The Kier molecular flexibility index (Phi) is 6.69. The van der Waals surface area contributed by atoms with Crippen LogP contribution in [-0.4, -0.2) is 62.7 Å². The number of piperidine rings is 1. The van der Waals surface area contributed by atoms with E-state index in [0.717, 1.165) is 12.1 Å². The highest BCUT2D eigenvalue weighted by Gasteiger charge is 2.34. The molecule has 1 aromatic carbocycles. The lowest BCUT2D eigenvalue weighted by Gasteiger charge is -2.38. The molecule has 1 aliphatic heterocycles. The van der Waals surface area contributed by atoms with Gasteiger partial charge in [-0.25, -0.2) is 14.4 Å². The average Bonchev–Trinajstić information content (AvgIpc) is 3.10. The van der Waals surface area contributed by atoms with Crippen LogP contribution in [0.3, 0.4) is 0 Å². The van der Waals surface area contributed by atoms with Gasteiger partial charge in [-0.05, 0) is 30.5 Å². The first-order valence-electron chi connectivity index (χ1n) is 11.0. The van der Waals surface area contributed by atoms with Crippen molar-refractivity contribution in [1.29, 1.82) is 0 Å². The number of anilines is 1. The van der Waals surface area contributed by atoms with Crippen LogP contribution in [-0.2, 0) is 24.1 Å². The summed E-state index contributed by atoms with van der Waals surface area (Å²) in [4.78, 5) is 23.1. The van der Waals surface area contributed by atoms with Crippen molar-refractivity contribution in [2.45, 2.75) is 37.7 Å². The van der Waals surface area contributed by atoms with E-state index >= 15 is 4.39 Å². The summed E-state index contributed by atoms with van der Waals surface area (Å²) in [6.45, 7) is 1.40. The molecule has 8 nitrogen and oxygen atoms in total. The number of amides is 1. The van der Waals surface area contributed by atoms with Crippen LogP contribution < -0.4 is 10.6 Å². The summed E-state index contributed by atoms with van der Waals surface area (Å²) in [6.07, 6.45) is -1.10. The molecular weight excluding hydrogens is 468 g/mol. The molecule has 1 saturated heterocycles. The minimum Gasteiger partial charge on any atom is -0.388 e. The molecule has 35 heavy (non-hydrogen) atoms. The third-order valence-electron chi connectivity index (χ3n) is 6.28. The Labute approximate surface area is 199 Å². The van der Waals surface area contributed by atoms with Crippen LogP contribution in [0.5, 0.6) is 0 Å². The molecular formula is C23H26F4N6O2. The van der Waals surface area contributed by atoms with Crippen molar-refractivity contribution >= 4 is 22.8 Å². The molecule has 4 rings (SSSR count). The van der Waals surface area contributed by atoms with Gasteiger partial charge in [0.2, 0.25) is 5.91 Å². The number of nitrogens with zero attached hydrogens (tertiary/aromatic N) is 5. The Morgan fingerprint density at radius 3 is 2.46 bits per heavy atom. The van der Waals surface area contributed by atoms with Gasteiger partial charge in [0.1, 0.15) is 17.8 Å². The average molecular weight is 494 g/mol. The maximum absolute atomic E-state index is 15.0. The van der Waals surface area contributed by atoms with Gasteiger partial charge in [-0.15, -0.1) is 0 Å². The fourth-order valence-corrected chi connectivity index (χ4v) is 4.44. The Morgan fingerprint density at radius 2 is 1.86 bits per heavy atom. The van der Waals surface area contributed by atoms with Gasteiger partial charge in [0.25, 0.3) is 0 Å². The van der Waals surface area contributed by atoms with Crippen molar-refractivity contribution in [2.24, 2.45) is 5.73 Å². The SMILES string of the molecule is CN(Cc1ccc(C(F)(F)F)cc1)c1ncnc2c1c(F)cn2CC1(O)CCN(CC(N)=O)CC1. The summed E-state index contributed by atoms with van der Waals surface area (Å²) in [5.74, 6) is -0.711. The molecule has 12 heteroatoms. The monoisotopic (exact) mass is 494 g/mol. The molecule has 2 aromatic heterocycles. The highest BCUT2D eigenvalue weighted by atomic mass is 19.4. The number of aromatic nitrogens is 3. The number of halogens is 4. The number of fused-ring (bicyclic) bond motifs is 1. The van der Waals surface area contributed by atoms with Crippen molar-refractivity contribution in [3.05, 3.63) is 53.7 Å². The van der Waals surface area contributed by atoms with Gasteiger partial charge in [-0.2, -0.15) is 13.2 Å². The summed E-state index contributed by atoms with van der Waals surface area (Å²) in [5, 5.41) is 11.2. The second-order valence-corrected chi connectivity index (χ2v) is 9.02. The predicted octanol–water partition coefficient (Wildman–Crippen LogP) is 2.54. The van der Waals surface area contributed by atoms with Gasteiger partial charge in [0.05, 0.1) is 29.6 Å². The maximum Gasteiger partial charge on any atom is 0.416 e. The summed E-state index contributed by atoms with van der Waals surface area (Å²) in [5.41, 5.74) is 4.30. The van der Waals surface area contributed by atoms with Crippen LogP contribution in [0.2, 0.25) is 0 Å². The number of primary amides is 1. The summed E-state index contributed by atoms with van der Waals surface area (Å²) in [6, 6.07) is 4.76. The van der Waals surface area contributed by atoms with E-state index in [2.05, 4.69) is 9.97 Å². The zero-order valence-corrected chi connectivity index (χ0v) is 19.1. The normalized spacial score (nSPS) is 16.5. The number of aliphatic hydroxyl groups is 1. The van der Waals surface area contributed by atoms with Gasteiger partial charge in [-0.1, -0.05) is 12.1 Å². The lowest BCUT2D eigenvalue weighted by Crippen LogP contribution is -2.48. The molecule has 1 fully saturated rings. The molecule has 0 atom stereocenters. The second kappa shape index (κ2) is 9.42. The molecule has 3 aromatic rings. The fraction of sp³-hybridized carbons (Fsp3) is 0.435. The number of hydrogen-bond acceptors (Lipinski definition) is 6. The molecule has 188 valence electrons. The minimum atomic E-state index is -4.42. The first kappa shape index (κ1) is 24.9. The fourth-order valence-electron chi connectivity index (χ4n) is 4.44. The van der Waals surface area contributed by atoms with Crippen LogP contribution >= 0.6 is 0 Å². The highest BCUT2D eigenvalue weighted by Crippen LogP contribution is 2.32. The Bertz CT molecular complexity index is 1200. The number of alkyl halides is 3. The van der Waals surface area contributed by atoms with E-state index < -0.39 is 29.1 Å². The van der Waals surface area contributed by atoms with Crippen molar-refractivity contribution in [1.82, 2.24) is 19.4 Å². The maximum atomic E-state index is 15.0. The van der Waals surface area contributed by atoms with Gasteiger partial charge < -0.3 is 20.3 Å². The van der Waals surface area contributed by atoms with Crippen LogP contribution in [0, 0.1) is 5.82 Å². The van der Waals surface area contributed by atoms with E-state index in [9.17, 15) is 23.1 Å². The molecule has 0 spiro atoms. The molecule has 3 heterocycles. The van der Waals surface area contributed by atoms with E-state index in [1.54, 1.807) is 16.5 Å². The molecule has 1 aliphatic rings. The largest absolute Gasteiger partial charge is 0.416 e. The van der Waals surface area contributed by atoms with Crippen LogP contribution in [0.4, 0.5) is 23.4 Å². The van der Waals surface area contributed by atoms with Crippen LogP contribution in [0.15, 0.2) is 36.8 Å². The number of rotatable bonds is 7. The van der Waals surface area contributed by atoms with Gasteiger partial charge in [-0.3, -0.25) is 9.69 Å². The Balaban J connectivity index is 1.53. The highest BCUT2D eigenvalue weighted by molar-refractivity contribution is 5.88. The number of hydrogen-bond donors (Lipinski definition) is 2. The van der Waals surface area contributed by atoms with E-state index in [0.29, 0.717) is 37.1 Å². The first-order valence-corrected chi connectivity index (χ1v) is 11.0. The van der Waals surface area contributed by atoms with Gasteiger partial charge in [0.15, 0.2) is 5.82 Å².